The summed E-state index contributed by atoms with van der Waals surface area (Å²) in [5.74, 6) is 1.86. The fourth-order valence-electron chi connectivity index (χ4n) is 1.21. The summed E-state index contributed by atoms with van der Waals surface area (Å²) in [6, 6.07) is 6.02. The number of para-hydroxylation sites is 1. The van der Waals surface area contributed by atoms with E-state index in [9.17, 15) is 0 Å². The van der Waals surface area contributed by atoms with Crippen molar-refractivity contribution < 1.29 is 4.74 Å². The maximum absolute atomic E-state index is 5.19. The first-order valence-corrected chi connectivity index (χ1v) is 4.76. The molecule has 1 heterocycles. The molecule has 0 unspecified atom stereocenters. The molecule has 0 fully saturated rings. The number of methoxy groups -OCH3 is 1. The Bertz CT molecular complexity index is 322. The van der Waals surface area contributed by atoms with E-state index in [4.69, 9.17) is 4.74 Å². The summed E-state index contributed by atoms with van der Waals surface area (Å²) in [5.41, 5.74) is 4.10. The van der Waals surface area contributed by atoms with Crippen molar-refractivity contribution in [1.29, 1.82) is 0 Å². The van der Waals surface area contributed by atoms with E-state index in [1.165, 1.54) is 5.56 Å². The molecular formula is C9H9NOS. The Labute approximate surface area is 75.7 Å². The molecule has 0 saturated heterocycles. The predicted molar refractivity (Wildman–Crippen MR) is 52.4 cm³/mol. The largest absolute Gasteiger partial charge is 0.494 e. The molecule has 0 spiro atoms. The molecular weight excluding hydrogens is 170 g/mol. The van der Waals surface area contributed by atoms with Gasteiger partial charge in [0.25, 0.3) is 0 Å². The highest BCUT2D eigenvalue weighted by Crippen LogP contribution is 2.35. The van der Waals surface area contributed by atoms with Crippen molar-refractivity contribution in [3.63, 3.8) is 0 Å². The van der Waals surface area contributed by atoms with Crippen molar-refractivity contribution in [2.24, 2.45) is 4.99 Å². The van der Waals surface area contributed by atoms with Crippen LogP contribution < -0.4 is 4.74 Å². The van der Waals surface area contributed by atoms with Gasteiger partial charge in [-0.05, 0) is 11.6 Å². The van der Waals surface area contributed by atoms with Crippen LogP contribution in [-0.4, -0.2) is 12.7 Å². The van der Waals surface area contributed by atoms with Crippen molar-refractivity contribution >= 4 is 23.0 Å². The second-order valence-corrected chi connectivity index (χ2v) is 3.35. The van der Waals surface area contributed by atoms with Crippen molar-refractivity contribution in [2.75, 3.05) is 7.11 Å². The Morgan fingerprint density at radius 2 is 2.42 bits per heavy atom. The third-order valence-electron chi connectivity index (χ3n) is 1.80. The second kappa shape index (κ2) is 3.19. The molecule has 0 bridgehead atoms. The van der Waals surface area contributed by atoms with Crippen LogP contribution in [0.2, 0.25) is 0 Å². The molecule has 1 aliphatic rings. The van der Waals surface area contributed by atoms with E-state index in [2.05, 4.69) is 11.1 Å². The first-order valence-electron chi connectivity index (χ1n) is 3.72. The number of rotatable bonds is 1. The average molecular weight is 179 g/mol. The van der Waals surface area contributed by atoms with Crippen LogP contribution in [0.25, 0.3) is 0 Å². The lowest BCUT2D eigenvalue weighted by Gasteiger charge is -2.11. The van der Waals surface area contributed by atoms with E-state index in [1.807, 2.05) is 17.7 Å². The minimum absolute atomic E-state index is 0.865. The summed E-state index contributed by atoms with van der Waals surface area (Å²) in [7, 11) is 1.67. The van der Waals surface area contributed by atoms with Crippen LogP contribution in [0.3, 0.4) is 0 Å². The summed E-state index contributed by atoms with van der Waals surface area (Å²) < 4.78 is 5.19. The zero-order valence-corrected chi connectivity index (χ0v) is 7.60. The van der Waals surface area contributed by atoms with Gasteiger partial charge in [0, 0.05) is 5.75 Å². The fourth-order valence-corrected chi connectivity index (χ4v) is 1.88. The van der Waals surface area contributed by atoms with Crippen LogP contribution in [0, 0.1) is 0 Å². The van der Waals surface area contributed by atoms with Gasteiger partial charge in [0.2, 0.25) is 0 Å². The fraction of sp³-hybridized carbons (Fsp3) is 0.222. The van der Waals surface area contributed by atoms with E-state index in [0.717, 1.165) is 17.2 Å². The van der Waals surface area contributed by atoms with Gasteiger partial charge in [-0.25, -0.2) is 4.99 Å². The molecule has 0 atom stereocenters. The Morgan fingerprint density at radius 1 is 1.50 bits per heavy atom. The van der Waals surface area contributed by atoms with Crippen molar-refractivity contribution in [2.45, 2.75) is 5.75 Å². The molecule has 1 aromatic carbocycles. The predicted octanol–water partition coefficient (Wildman–Crippen LogP) is 2.60. The van der Waals surface area contributed by atoms with E-state index in [1.54, 1.807) is 18.9 Å². The third-order valence-corrected chi connectivity index (χ3v) is 2.53. The summed E-state index contributed by atoms with van der Waals surface area (Å²) in [6.45, 7) is 0. The highest BCUT2D eigenvalue weighted by Gasteiger charge is 2.09. The van der Waals surface area contributed by atoms with Crippen LogP contribution in [0.15, 0.2) is 23.2 Å². The third kappa shape index (κ3) is 1.20. The Kier molecular flexibility index (Phi) is 2.04. The van der Waals surface area contributed by atoms with Crippen molar-refractivity contribution in [1.82, 2.24) is 0 Å². The summed E-state index contributed by atoms with van der Waals surface area (Å²) in [4.78, 5) is 4.28. The summed E-state index contributed by atoms with van der Waals surface area (Å²) in [6.07, 6.45) is 0. The van der Waals surface area contributed by atoms with Gasteiger partial charge >= 0.3 is 0 Å². The van der Waals surface area contributed by atoms with Gasteiger partial charge in [0.15, 0.2) is 0 Å². The molecule has 2 nitrogen and oxygen atoms in total. The molecule has 62 valence electrons. The summed E-state index contributed by atoms with van der Waals surface area (Å²) >= 11 is 1.71. The number of benzene rings is 1. The lowest BCUT2D eigenvalue weighted by Crippen LogP contribution is -1.91. The number of hydrogen-bond donors (Lipinski definition) is 0. The van der Waals surface area contributed by atoms with E-state index < -0.39 is 0 Å². The normalized spacial score (nSPS) is 14.1. The van der Waals surface area contributed by atoms with E-state index >= 15 is 0 Å². The van der Waals surface area contributed by atoms with Crippen LogP contribution in [-0.2, 0) is 5.75 Å². The molecule has 1 aromatic rings. The van der Waals surface area contributed by atoms with Crippen molar-refractivity contribution in [3.05, 3.63) is 23.8 Å². The minimum atomic E-state index is 0.865. The first-order chi connectivity index (χ1) is 5.92. The maximum atomic E-state index is 5.19. The lowest BCUT2D eigenvalue weighted by atomic mass is 10.2. The smallest absolute Gasteiger partial charge is 0.144 e. The topological polar surface area (TPSA) is 21.6 Å². The number of ether oxygens (including phenoxy) is 1. The maximum Gasteiger partial charge on any atom is 0.144 e. The quantitative estimate of drug-likeness (QED) is 0.661. The molecule has 1 aliphatic heterocycles. The van der Waals surface area contributed by atoms with Crippen LogP contribution in [0.4, 0.5) is 5.69 Å². The summed E-state index contributed by atoms with van der Waals surface area (Å²) in [5, 5.41) is 0. The van der Waals surface area contributed by atoms with Crippen LogP contribution in [0.5, 0.6) is 5.75 Å². The Morgan fingerprint density at radius 3 is 3.25 bits per heavy atom. The molecule has 0 amide bonds. The SMILES string of the molecule is COc1cccc2c1N=CSC2. The second-order valence-electron chi connectivity index (χ2n) is 2.51. The minimum Gasteiger partial charge on any atom is -0.494 e. The van der Waals surface area contributed by atoms with Crippen LogP contribution >= 0.6 is 11.8 Å². The first kappa shape index (κ1) is 7.68. The van der Waals surface area contributed by atoms with Gasteiger partial charge < -0.3 is 4.74 Å². The number of hydrogen-bond acceptors (Lipinski definition) is 3. The molecule has 0 aromatic heterocycles. The number of aliphatic imine (C=N–C) groups is 1. The Hall–Kier alpha value is -0.960. The van der Waals surface area contributed by atoms with Gasteiger partial charge in [-0.3, -0.25) is 0 Å². The number of fused-ring (bicyclic) bond motifs is 1. The van der Waals surface area contributed by atoms with Gasteiger partial charge in [0.1, 0.15) is 11.4 Å². The lowest BCUT2D eigenvalue weighted by molar-refractivity contribution is 0.416. The molecule has 0 saturated carbocycles. The van der Waals surface area contributed by atoms with Gasteiger partial charge in [-0.15, -0.1) is 11.8 Å². The molecule has 0 radical (unpaired) electrons. The average Bonchev–Trinajstić information content (AvgIpc) is 2.17. The zero-order chi connectivity index (χ0) is 8.39. The van der Waals surface area contributed by atoms with Gasteiger partial charge in [-0.1, -0.05) is 12.1 Å². The molecule has 0 N–H and O–H groups in total. The van der Waals surface area contributed by atoms with Gasteiger partial charge in [-0.2, -0.15) is 0 Å². The molecule has 3 heteroatoms. The zero-order valence-electron chi connectivity index (χ0n) is 6.78. The standard InChI is InChI=1S/C9H9NOS/c1-11-8-4-2-3-7-5-12-6-10-9(7)8/h2-4,6H,5H2,1H3. The highest BCUT2D eigenvalue weighted by atomic mass is 32.2. The van der Waals surface area contributed by atoms with Crippen LogP contribution in [0.1, 0.15) is 5.56 Å². The van der Waals surface area contributed by atoms with Gasteiger partial charge in [0.05, 0.1) is 12.7 Å². The monoisotopic (exact) mass is 179 g/mol. The number of nitrogens with zero attached hydrogens (tertiary/aromatic N) is 1. The van der Waals surface area contributed by atoms with Crippen molar-refractivity contribution in [3.8, 4) is 5.75 Å². The molecule has 12 heavy (non-hydrogen) atoms. The van der Waals surface area contributed by atoms with E-state index in [0.29, 0.717) is 0 Å². The number of thioether (sulfide) groups is 1. The molecule has 2 rings (SSSR count). The Balaban J connectivity index is 2.54. The molecule has 0 aliphatic carbocycles. The van der Waals surface area contributed by atoms with E-state index in [-0.39, 0.29) is 0 Å². The highest BCUT2D eigenvalue weighted by molar-refractivity contribution is 8.11.